The van der Waals surface area contributed by atoms with Gasteiger partial charge >= 0.3 is 0 Å². The summed E-state index contributed by atoms with van der Waals surface area (Å²) < 4.78 is 1.07. The van der Waals surface area contributed by atoms with E-state index in [2.05, 4.69) is 28.9 Å². The predicted octanol–water partition coefficient (Wildman–Crippen LogP) is 6.17. The maximum Gasteiger partial charge on any atom is 0.105 e. The Morgan fingerprint density at radius 3 is 2.44 bits per heavy atom. The molecule has 2 aromatic heterocycles. The fourth-order valence-electron chi connectivity index (χ4n) is 1.41. The van der Waals surface area contributed by atoms with Crippen molar-refractivity contribution in [3.05, 3.63) is 41.1 Å². The third-order valence-corrected chi connectivity index (χ3v) is 6.73. The van der Waals surface area contributed by atoms with Gasteiger partial charge in [0.1, 0.15) is 5.38 Å². The molecular weight excluding hydrogens is 347 g/mol. The fourth-order valence-corrected chi connectivity index (χ4v) is 5.34. The molecule has 0 amide bonds. The Morgan fingerprint density at radius 1 is 1.31 bits per heavy atom. The summed E-state index contributed by atoms with van der Waals surface area (Å²) in [6, 6.07) is 2.09. The van der Waals surface area contributed by atoms with Crippen LogP contribution in [-0.4, -0.2) is 0 Å². The van der Waals surface area contributed by atoms with E-state index < -0.39 is 0 Å². The minimum atomic E-state index is -0.153. The van der Waals surface area contributed by atoms with Crippen molar-refractivity contribution in [3.63, 3.8) is 0 Å². The van der Waals surface area contributed by atoms with Crippen molar-refractivity contribution in [2.45, 2.75) is 19.2 Å². The predicted molar refractivity (Wildman–Crippen MR) is 78.5 cm³/mol. The zero-order chi connectivity index (χ0) is 11.9. The van der Waals surface area contributed by atoms with E-state index in [9.17, 15) is 0 Å². The third kappa shape index (κ3) is 2.34. The molecule has 1 unspecified atom stereocenters. The lowest BCUT2D eigenvalue weighted by atomic mass is 10.2. The molecule has 0 nitrogen and oxygen atoms in total. The number of hydrogen-bond donors (Lipinski definition) is 0. The van der Waals surface area contributed by atoms with Crippen LogP contribution in [0.4, 0.5) is 0 Å². The van der Waals surface area contributed by atoms with Crippen LogP contribution in [0, 0.1) is 13.8 Å². The van der Waals surface area contributed by atoms with E-state index in [1.54, 1.807) is 22.7 Å². The first kappa shape index (κ1) is 12.9. The van der Waals surface area contributed by atoms with Crippen LogP contribution in [0.3, 0.4) is 0 Å². The Morgan fingerprint density at radius 2 is 2.00 bits per heavy atom. The molecule has 0 saturated heterocycles. The molecule has 0 fully saturated rings. The average Bonchev–Trinajstić information content (AvgIpc) is 2.71. The van der Waals surface area contributed by atoms with Crippen LogP contribution in [0.2, 0.25) is 5.02 Å². The van der Waals surface area contributed by atoms with E-state index in [0.29, 0.717) is 0 Å². The van der Waals surface area contributed by atoms with Crippen molar-refractivity contribution >= 4 is 61.8 Å². The van der Waals surface area contributed by atoms with Gasteiger partial charge in [-0.2, -0.15) is 0 Å². The van der Waals surface area contributed by atoms with Gasteiger partial charge in [-0.15, -0.1) is 34.3 Å². The van der Waals surface area contributed by atoms with Gasteiger partial charge in [-0.3, -0.25) is 0 Å². The molecule has 0 aliphatic rings. The second-order valence-corrected chi connectivity index (χ2v) is 7.40. The summed E-state index contributed by atoms with van der Waals surface area (Å²) in [6.07, 6.45) is 0. The van der Waals surface area contributed by atoms with Gasteiger partial charge in [0.25, 0.3) is 0 Å². The van der Waals surface area contributed by atoms with Gasteiger partial charge in [0.15, 0.2) is 0 Å². The third-order valence-electron chi connectivity index (χ3n) is 2.22. The van der Waals surface area contributed by atoms with E-state index in [-0.39, 0.29) is 5.38 Å². The number of aryl methyl sites for hydroxylation is 2. The molecule has 0 radical (unpaired) electrons. The van der Waals surface area contributed by atoms with Gasteiger partial charge in [-0.1, -0.05) is 11.6 Å². The molecule has 0 N–H and O–H groups in total. The van der Waals surface area contributed by atoms with Crippen molar-refractivity contribution in [1.82, 2.24) is 0 Å². The van der Waals surface area contributed by atoms with E-state index in [0.717, 1.165) is 24.8 Å². The first-order chi connectivity index (χ1) is 7.50. The Hall–Kier alpha value is 0.460. The Bertz CT molecular complexity index is 514. The molecule has 86 valence electrons. The van der Waals surface area contributed by atoms with Crippen LogP contribution in [0.15, 0.2) is 15.9 Å². The van der Waals surface area contributed by atoms with Crippen molar-refractivity contribution in [3.8, 4) is 0 Å². The molecule has 1 atom stereocenters. The number of hydrogen-bond acceptors (Lipinski definition) is 2. The average molecular weight is 356 g/mol. The van der Waals surface area contributed by atoms with Gasteiger partial charge in [0.2, 0.25) is 0 Å². The molecule has 0 bridgehead atoms. The van der Waals surface area contributed by atoms with Crippen LogP contribution < -0.4 is 0 Å². The van der Waals surface area contributed by atoms with Crippen LogP contribution in [0.25, 0.3) is 0 Å². The first-order valence-corrected chi connectivity index (χ1v) is 7.94. The smallest absolute Gasteiger partial charge is 0.105 e. The first-order valence-electron chi connectivity index (χ1n) is 4.64. The van der Waals surface area contributed by atoms with Crippen molar-refractivity contribution in [2.24, 2.45) is 0 Å². The molecule has 2 rings (SSSR count). The highest BCUT2D eigenvalue weighted by molar-refractivity contribution is 9.10. The lowest BCUT2D eigenvalue weighted by Crippen LogP contribution is -1.88. The van der Waals surface area contributed by atoms with E-state index in [1.165, 1.54) is 4.88 Å². The molecule has 5 heteroatoms. The van der Waals surface area contributed by atoms with Crippen molar-refractivity contribution in [1.29, 1.82) is 0 Å². The van der Waals surface area contributed by atoms with Crippen LogP contribution in [0.5, 0.6) is 0 Å². The largest absolute Gasteiger partial charge is 0.145 e. The summed E-state index contributed by atoms with van der Waals surface area (Å²) in [4.78, 5) is 3.41. The molecule has 2 aromatic rings. The van der Waals surface area contributed by atoms with Gasteiger partial charge in [0.05, 0.1) is 5.02 Å². The molecular formula is C11H9BrCl2S2. The summed E-state index contributed by atoms with van der Waals surface area (Å²) in [7, 11) is 0. The van der Waals surface area contributed by atoms with Gasteiger partial charge in [-0.25, -0.2) is 0 Å². The SMILES string of the molecule is Cc1cc(Br)c(C(Cl)c2scc(C)c2Cl)s1. The zero-order valence-electron chi connectivity index (χ0n) is 8.68. The summed E-state index contributed by atoms with van der Waals surface area (Å²) in [6.45, 7) is 4.07. The second-order valence-electron chi connectivity index (χ2n) is 3.53. The maximum atomic E-state index is 6.48. The number of halogens is 3. The van der Waals surface area contributed by atoms with Crippen LogP contribution >= 0.6 is 61.8 Å². The van der Waals surface area contributed by atoms with Gasteiger partial charge < -0.3 is 0 Å². The highest BCUT2D eigenvalue weighted by atomic mass is 79.9. The Kier molecular flexibility index (Phi) is 4.02. The van der Waals surface area contributed by atoms with Gasteiger partial charge in [-0.05, 0) is 46.8 Å². The van der Waals surface area contributed by atoms with Crippen molar-refractivity contribution < 1.29 is 0 Å². The summed E-state index contributed by atoms with van der Waals surface area (Å²) in [5.74, 6) is 0. The van der Waals surface area contributed by atoms with E-state index in [4.69, 9.17) is 23.2 Å². The quantitative estimate of drug-likeness (QED) is 0.565. The highest BCUT2D eigenvalue weighted by Gasteiger charge is 2.21. The topological polar surface area (TPSA) is 0 Å². The standard InChI is InChI=1S/C11H9BrCl2S2/c1-5-4-15-11(8(5)13)9(14)10-7(12)3-6(2)16-10/h3-4,9H,1-2H3. The molecule has 0 aliphatic heterocycles. The summed E-state index contributed by atoms with van der Waals surface area (Å²) in [5.41, 5.74) is 1.09. The Labute approximate surface area is 121 Å². The maximum absolute atomic E-state index is 6.48. The number of rotatable bonds is 2. The minimum Gasteiger partial charge on any atom is -0.145 e. The highest BCUT2D eigenvalue weighted by Crippen LogP contribution is 2.44. The summed E-state index contributed by atoms with van der Waals surface area (Å²) in [5, 5.41) is 2.68. The zero-order valence-corrected chi connectivity index (χ0v) is 13.4. The second kappa shape index (κ2) is 4.99. The number of thiophene rings is 2. The Balaban J connectivity index is 2.42. The summed E-state index contributed by atoms with van der Waals surface area (Å²) >= 11 is 19.6. The van der Waals surface area contributed by atoms with E-state index in [1.807, 2.05) is 12.3 Å². The lowest BCUT2D eigenvalue weighted by Gasteiger charge is -2.06. The molecule has 0 saturated carbocycles. The van der Waals surface area contributed by atoms with E-state index >= 15 is 0 Å². The molecule has 0 aromatic carbocycles. The molecule has 2 heterocycles. The van der Waals surface area contributed by atoms with Gasteiger partial charge in [0, 0.05) is 19.1 Å². The number of alkyl halides is 1. The van der Waals surface area contributed by atoms with Crippen LogP contribution in [-0.2, 0) is 0 Å². The molecule has 16 heavy (non-hydrogen) atoms. The van der Waals surface area contributed by atoms with Crippen molar-refractivity contribution in [2.75, 3.05) is 0 Å². The minimum absolute atomic E-state index is 0.153. The molecule has 0 aliphatic carbocycles. The normalized spacial score (nSPS) is 13.1. The molecule has 0 spiro atoms. The fraction of sp³-hybridized carbons (Fsp3) is 0.273. The van der Waals surface area contributed by atoms with Crippen LogP contribution in [0.1, 0.15) is 25.6 Å². The lowest BCUT2D eigenvalue weighted by molar-refractivity contribution is 1.22. The monoisotopic (exact) mass is 354 g/mol.